The third kappa shape index (κ3) is 7.29. The number of hydrogen-bond donors (Lipinski definition) is 2. The molecule has 2 aliphatic rings. The Morgan fingerprint density at radius 3 is 2.72 bits per heavy atom. The van der Waals surface area contributed by atoms with Gasteiger partial charge in [-0.15, -0.1) is 36.2 Å². The molecule has 1 aromatic heterocycles. The fourth-order valence-corrected chi connectivity index (χ4v) is 4.30. The minimum Gasteiger partial charge on any atom is -0.356 e. The van der Waals surface area contributed by atoms with Gasteiger partial charge in [0.25, 0.3) is 0 Å². The molecule has 0 saturated carbocycles. The summed E-state index contributed by atoms with van der Waals surface area (Å²) in [5, 5.41) is 9.69. The maximum atomic E-state index is 11.9. The van der Waals surface area contributed by atoms with Gasteiger partial charge in [0, 0.05) is 37.9 Å². The maximum Gasteiger partial charge on any atom is 0.220 e. The monoisotopic (exact) mass is 408 g/mol. The number of rotatable bonds is 7. The molecule has 0 aliphatic carbocycles. The lowest BCUT2D eigenvalue weighted by molar-refractivity contribution is -0.121. The van der Waals surface area contributed by atoms with Gasteiger partial charge >= 0.3 is 0 Å². The molecule has 144 valence electrons. The van der Waals surface area contributed by atoms with Crippen LogP contribution in [-0.2, 0) is 11.2 Å². The van der Waals surface area contributed by atoms with E-state index in [2.05, 4.69) is 20.9 Å². The Morgan fingerprint density at radius 2 is 2.00 bits per heavy atom. The number of thiazole rings is 1. The molecular formula is C17H30Cl2N4OS. The van der Waals surface area contributed by atoms with E-state index in [4.69, 9.17) is 4.98 Å². The summed E-state index contributed by atoms with van der Waals surface area (Å²) < 4.78 is 0. The van der Waals surface area contributed by atoms with E-state index in [1.165, 1.54) is 25.7 Å². The van der Waals surface area contributed by atoms with Crippen molar-refractivity contribution in [3.8, 4) is 0 Å². The van der Waals surface area contributed by atoms with Crippen molar-refractivity contribution in [1.29, 1.82) is 0 Å². The first-order valence-electron chi connectivity index (χ1n) is 8.98. The van der Waals surface area contributed by atoms with Crippen LogP contribution in [0, 0.1) is 5.92 Å². The summed E-state index contributed by atoms with van der Waals surface area (Å²) in [4.78, 5) is 19.0. The third-order valence-corrected chi connectivity index (χ3v) is 5.81. The number of carbonyl (C=O) groups excluding carboxylic acids is 1. The highest BCUT2D eigenvalue weighted by Crippen LogP contribution is 2.24. The summed E-state index contributed by atoms with van der Waals surface area (Å²) in [5.74, 6) is 0.919. The summed E-state index contributed by atoms with van der Waals surface area (Å²) in [6.45, 7) is 5.19. The number of hydrogen-bond acceptors (Lipinski definition) is 5. The summed E-state index contributed by atoms with van der Waals surface area (Å²) >= 11 is 1.73. The van der Waals surface area contributed by atoms with Gasteiger partial charge in [0.1, 0.15) is 0 Å². The van der Waals surface area contributed by atoms with Crippen molar-refractivity contribution < 1.29 is 4.79 Å². The van der Waals surface area contributed by atoms with Crippen LogP contribution in [0.3, 0.4) is 0 Å². The largest absolute Gasteiger partial charge is 0.356 e. The Bertz CT molecular complexity index is 503. The van der Waals surface area contributed by atoms with Gasteiger partial charge in [0.15, 0.2) is 5.13 Å². The molecule has 8 heteroatoms. The van der Waals surface area contributed by atoms with Crippen LogP contribution in [0.5, 0.6) is 0 Å². The van der Waals surface area contributed by atoms with Crippen molar-refractivity contribution in [1.82, 2.24) is 15.6 Å². The van der Waals surface area contributed by atoms with Crippen molar-refractivity contribution in [3.63, 3.8) is 0 Å². The summed E-state index contributed by atoms with van der Waals surface area (Å²) in [6, 6.07) is 0. The average Bonchev–Trinajstić information content (AvgIpc) is 3.25. The van der Waals surface area contributed by atoms with E-state index >= 15 is 0 Å². The van der Waals surface area contributed by atoms with E-state index in [1.807, 2.05) is 0 Å². The molecular weight excluding hydrogens is 379 g/mol. The van der Waals surface area contributed by atoms with E-state index in [0.29, 0.717) is 13.0 Å². The lowest BCUT2D eigenvalue weighted by Gasteiger charge is -2.22. The zero-order valence-electron chi connectivity index (χ0n) is 14.7. The van der Waals surface area contributed by atoms with Crippen molar-refractivity contribution in [2.24, 2.45) is 5.92 Å². The van der Waals surface area contributed by atoms with E-state index in [1.54, 1.807) is 11.3 Å². The van der Waals surface area contributed by atoms with Gasteiger partial charge in [-0.05, 0) is 51.1 Å². The number of amides is 1. The standard InChI is InChI=1S/C17H28N4OS.2ClH/c22-16(4-3-14-5-8-18-9-6-14)19-10-7-15-13-23-17(20-15)21-11-1-2-12-21;;/h13-14,18H,1-12H2,(H,19,22);2*1H. The molecule has 5 nitrogen and oxygen atoms in total. The minimum atomic E-state index is 0. The number of nitrogens with one attached hydrogen (secondary N) is 2. The van der Waals surface area contributed by atoms with Gasteiger partial charge in [0.05, 0.1) is 5.69 Å². The van der Waals surface area contributed by atoms with Crippen LogP contribution >= 0.6 is 36.2 Å². The molecule has 0 unspecified atom stereocenters. The maximum absolute atomic E-state index is 11.9. The predicted octanol–water partition coefficient (Wildman–Crippen LogP) is 3.03. The smallest absolute Gasteiger partial charge is 0.220 e. The normalized spacial score (nSPS) is 17.7. The molecule has 0 atom stereocenters. The number of halogens is 2. The van der Waals surface area contributed by atoms with Crippen LogP contribution in [0.2, 0.25) is 0 Å². The van der Waals surface area contributed by atoms with Crippen molar-refractivity contribution >= 4 is 47.2 Å². The first-order valence-corrected chi connectivity index (χ1v) is 9.86. The van der Waals surface area contributed by atoms with Crippen LogP contribution in [0.1, 0.15) is 44.2 Å². The molecule has 0 bridgehead atoms. The van der Waals surface area contributed by atoms with Crippen molar-refractivity contribution in [3.05, 3.63) is 11.1 Å². The molecule has 2 N–H and O–H groups in total. The van der Waals surface area contributed by atoms with Gasteiger partial charge < -0.3 is 15.5 Å². The van der Waals surface area contributed by atoms with E-state index < -0.39 is 0 Å². The van der Waals surface area contributed by atoms with Crippen molar-refractivity contribution in [2.75, 3.05) is 37.6 Å². The first kappa shape index (κ1) is 22.5. The topological polar surface area (TPSA) is 57.3 Å². The number of nitrogens with zero attached hydrogens (tertiary/aromatic N) is 2. The van der Waals surface area contributed by atoms with Gasteiger partial charge in [0.2, 0.25) is 5.91 Å². The molecule has 1 amide bonds. The fraction of sp³-hybridized carbons (Fsp3) is 0.765. The molecule has 2 saturated heterocycles. The Morgan fingerprint density at radius 1 is 1.28 bits per heavy atom. The molecule has 0 radical (unpaired) electrons. The minimum absolute atomic E-state index is 0. The summed E-state index contributed by atoms with van der Waals surface area (Å²) in [6.07, 6.45) is 7.52. The summed E-state index contributed by atoms with van der Waals surface area (Å²) in [5.41, 5.74) is 1.11. The van der Waals surface area contributed by atoms with Gasteiger partial charge in [-0.25, -0.2) is 4.98 Å². The Kier molecular flexibility index (Phi) is 10.7. The van der Waals surface area contributed by atoms with E-state index in [0.717, 1.165) is 55.8 Å². The molecule has 1 aromatic rings. The number of anilines is 1. The second kappa shape index (κ2) is 11.9. The zero-order valence-corrected chi connectivity index (χ0v) is 17.1. The van der Waals surface area contributed by atoms with E-state index in [9.17, 15) is 4.79 Å². The Balaban J connectivity index is 0.00000156. The quantitative estimate of drug-likeness (QED) is 0.727. The second-order valence-corrected chi connectivity index (χ2v) is 7.48. The number of carbonyl (C=O) groups is 1. The second-order valence-electron chi connectivity index (χ2n) is 6.65. The van der Waals surface area contributed by atoms with Crippen LogP contribution in [0.4, 0.5) is 5.13 Å². The van der Waals surface area contributed by atoms with Crippen LogP contribution < -0.4 is 15.5 Å². The van der Waals surface area contributed by atoms with Gasteiger partial charge in [-0.2, -0.15) is 0 Å². The predicted molar refractivity (Wildman–Crippen MR) is 110 cm³/mol. The fourth-order valence-electron chi connectivity index (χ4n) is 3.39. The van der Waals surface area contributed by atoms with E-state index in [-0.39, 0.29) is 30.7 Å². The highest BCUT2D eigenvalue weighted by Gasteiger charge is 2.16. The molecule has 3 rings (SSSR count). The first-order chi connectivity index (χ1) is 11.3. The lowest BCUT2D eigenvalue weighted by Crippen LogP contribution is -2.30. The Labute approximate surface area is 167 Å². The molecule has 0 spiro atoms. The van der Waals surface area contributed by atoms with Crippen molar-refractivity contribution in [2.45, 2.75) is 44.9 Å². The SMILES string of the molecule is Cl.Cl.O=C(CCC1CCNCC1)NCCc1csc(N2CCCC2)n1. The highest BCUT2D eigenvalue weighted by atomic mass is 35.5. The lowest BCUT2D eigenvalue weighted by atomic mass is 9.93. The van der Waals surface area contributed by atoms with Crippen LogP contribution in [-0.4, -0.2) is 43.6 Å². The zero-order chi connectivity index (χ0) is 15.9. The summed E-state index contributed by atoms with van der Waals surface area (Å²) in [7, 11) is 0. The molecule has 25 heavy (non-hydrogen) atoms. The van der Waals surface area contributed by atoms with Crippen LogP contribution in [0.15, 0.2) is 5.38 Å². The van der Waals surface area contributed by atoms with Gasteiger partial charge in [-0.1, -0.05) is 0 Å². The molecule has 2 fully saturated rings. The average molecular weight is 409 g/mol. The van der Waals surface area contributed by atoms with Gasteiger partial charge in [-0.3, -0.25) is 4.79 Å². The third-order valence-electron chi connectivity index (χ3n) is 4.86. The van der Waals surface area contributed by atoms with Crippen LogP contribution in [0.25, 0.3) is 0 Å². The molecule has 3 heterocycles. The number of piperidine rings is 1. The molecule has 2 aliphatic heterocycles. The number of aromatic nitrogens is 1. The Hall–Kier alpha value is -0.560. The highest BCUT2D eigenvalue weighted by molar-refractivity contribution is 7.13. The molecule has 0 aromatic carbocycles.